The van der Waals surface area contributed by atoms with Crippen molar-refractivity contribution >= 4 is 11.3 Å². The number of rotatable bonds is 6. The minimum Gasteiger partial charge on any atom is -0.375 e. The summed E-state index contributed by atoms with van der Waals surface area (Å²) in [4.78, 5) is 6.83. The molecule has 0 aromatic carbocycles. The third-order valence-electron chi connectivity index (χ3n) is 5.02. The Morgan fingerprint density at radius 2 is 2.38 bits per heavy atom. The third kappa shape index (κ3) is 3.54. The number of morpholine rings is 1. The molecule has 0 spiro atoms. The lowest BCUT2D eigenvalue weighted by atomic mass is 10.0. The van der Waals surface area contributed by atoms with Crippen LogP contribution < -0.4 is 0 Å². The number of hydrogen-bond acceptors (Lipinski definition) is 6. The maximum Gasteiger partial charge on any atom is 0.118 e. The molecule has 24 heavy (non-hydrogen) atoms. The van der Waals surface area contributed by atoms with Crippen molar-refractivity contribution in [1.29, 1.82) is 0 Å². The zero-order chi connectivity index (χ0) is 16.4. The maximum atomic E-state index is 6.12. The van der Waals surface area contributed by atoms with E-state index in [1.54, 1.807) is 11.3 Å². The molecular formula is C17H24N4O2S. The molecule has 7 heteroatoms. The number of nitrogens with zero attached hydrogens (tertiary/aromatic N) is 4. The minimum atomic E-state index is 0.298. The smallest absolute Gasteiger partial charge is 0.118 e. The predicted molar refractivity (Wildman–Crippen MR) is 91.6 cm³/mol. The lowest BCUT2D eigenvalue weighted by Crippen LogP contribution is -2.50. The predicted octanol–water partition coefficient (Wildman–Crippen LogP) is 2.07. The topological polar surface area (TPSA) is 52.4 Å². The summed E-state index contributed by atoms with van der Waals surface area (Å²) in [6, 6.07) is 0.507. The van der Waals surface area contributed by atoms with Crippen LogP contribution in [0.2, 0.25) is 0 Å². The molecule has 6 nitrogen and oxygen atoms in total. The second kappa shape index (κ2) is 7.31. The van der Waals surface area contributed by atoms with Crippen molar-refractivity contribution in [3.05, 3.63) is 34.5 Å². The van der Waals surface area contributed by atoms with Gasteiger partial charge >= 0.3 is 0 Å². The van der Waals surface area contributed by atoms with Crippen molar-refractivity contribution in [2.24, 2.45) is 13.0 Å². The van der Waals surface area contributed by atoms with Crippen molar-refractivity contribution in [1.82, 2.24) is 19.7 Å². The van der Waals surface area contributed by atoms with E-state index in [4.69, 9.17) is 9.47 Å². The van der Waals surface area contributed by atoms with Crippen molar-refractivity contribution in [2.45, 2.75) is 38.1 Å². The molecule has 0 bridgehead atoms. The van der Waals surface area contributed by atoms with Gasteiger partial charge in [-0.2, -0.15) is 5.10 Å². The van der Waals surface area contributed by atoms with Crippen LogP contribution in [0.5, 0.6) is 0 Å². The monoisotopic (exact) mass is 348 g/mol. The Kier molecular flexibility index (Phi) is 4.93. The zero-order valence-corrected chi connectivity index (χ0v) is 14.8. The van der Waals surface area contributed by atoms with E-state index in [1.165, 1.54) is 18.4 Å². The fraction of sp³-hybridized carbons (Fsp3) is 0.647. The van der Waals surface area contributed by atoms with Crippen LogP contribution in [0.25, 0.3) is 0 Å². The molecule has 2 aromatic heterocycles. The van der Waals surface area contributed by atoms with Crippen molar-refractivity contribution in [2.75, 3.05) is 19.8 Å². The highest BCUT2D eigenvalue weighted by atomic mass is 32.1. The van der Waals surface area contributed by atoms with Gasteiger partial charge in [-0.1, -0.05) is 0 Å². The molecule has 1 aliphatic heterocycles. The van der Waals surface area contributed by atoms with Crippen molar-refractivity contribution < 1.29 is 9.47 Å². The zero-order valence-electron chi connectivity index (χ0n) is 14.0. The number of aryl methyl sites for hydroxylation is 1. The van der Waals surface area contributed by atoms with Crippen LogP contribution in [-0.4, -0.2) is 51.6 Å². The lowest BCUT2D eigenvalue weighted by Gasteiger charge is -2.39. The van der Waals surface area contributed by atoms with E-state index in [2.05, 4.69) is 21.2 Å². The van der Waals surface area contributed by atoms with E-state index in [0.717, 1.165) is 31.3 Å². The molecule has 130 valence electrons. The van der Waals surface area contributed by atoms with Crippen LogP contribution in [0, 0.1) is 5.92 Å². The summed E-state index contributed by atoms with van der Waals surface area (Å²) < 4.78 is 13.9. The highest BCUT2D eigenvalue weighted by Crippen LogP contribution is 2.35. The van der Waals surface area contributed by atoms with Gasteiger partial charge in [-0.05, 0) is 12.8 Å². The maximum absolute atomic E-state index is 6.12. The van der Waals surface area contributed by atoms with Gasteiger partial charge in [0, 0.05) is 55.4 Å². The third-order valence-corrected chi connectivity index (χ3v) is 5.77. The molecule has 1 saturated carbocycles. The SMILES string of the molecule is Cn1cc(CN2CCO[C@@H]3[C@@H](COCc4nccs4)CC[C@@H]32)cn1. The average Bonchev–Trinajstić information content (AvgIpc) is 3.30. The molecule has 0 N–H and O–H groups in total. The van der Waals surface area contributed by atoms with Gasteiger partial charge in [-0.15, -0.1) is 11.3 Å². The second-order valence-corrected chi connectivity index (χ2v) is 7.65. The van der Waals surface area contributed by atoms with Crippen molar-refractivity contribution in [3.63, 3.8) is 0 Å². The van der Waals surface area contributed by atoms with Crippen LogP contribution in [0.3, 0.4) is 0 Å². The van der Waals surface area contributed by atoms with Gasteiger partial charge in [0.25, 0.3) is 0 Å². The summed E-state index contributed by atoms with van der Waals surface area (Å²) >= 11 is 1.65. The Hall–Kier alpha value is -1.28. The summed E-state index contributed by atoms with van der Waals surface area (Å²) in [7, 11) is 1.97. The molecular weight excluding hydrogens is 324 g/mol. The standard InChI is InChI=1S/C17H24N4O2S/c1-20-9-13(8-19-20)10-21-5-6-23-17-14(2-3-15(17)21)11-22-12-16-18-4-7-24-16/h4,7-9,14-15,17H,2-3,5-6,10-12H2,1H3/t14-,15+,17-/m1/s1. The molecule has 1 aliphatic carbocycles. The van der Waals surface area contributed by atoms with E-state index in [9.17, 15) is 0 Å². The Labute approximate surface area is 146 Å². The summed E-state index contributed by atoms with van der Waals surface area (Å²) in [5, 5.41) is 7.32. The summed E-state index contributed by atoms with van der Waals surface area (Å²) in [6.07, 6.45) is 8.57. The van der Waals surface area contributed by atoms with E-state index in [0.29, 0.717) is 24.7 Å². The van der Waals surface area contributed by atoms with Crippen molar-refractivity contribution in [3.8, 4) is 0 Å². The van der Waals surface area contributed by atoms with Gasteiger partial charge in [0.15, 0.2) is 0 Å². The molecule has 0 unspecified atom stereocenters. The summed E-state index contributed by atoms with van der Waals surface area (Å²) in [5.74, 6) is 0.492. The normalized spacial score (nSPS) is 27.5. The largest absolute Gasteiger partial charge is 0.375 e. The molecule has 4 rings (SSSR count). The fourth-order valence-corrected chi connectivity index (χ4v) is 4.47. The van der Waals surface area contributed by atoms with Gasteiger partial charge < -0.3 is 9.47 Å². The van der Waals surface area contributed by atoms with Gasteiger partial charge in [-0.3, -0.25) is 9.58 Å². The highest BCUT2D eigenvalue weighted by molar-refractivity contribution is 7.09. The Balaban J connectivity index is 1.32. The van der Waals surface area contributed by atoms with Gasteiger partial charge in [-0.25, -0.2) is 4.98 Å². The number of aromatic nitrogens is 3. The summed E-state index contributed by atoms with van der Waals surface area (Å²) in [6.45, 7) is 4.16. The Morgan fingerprint density at radius 1 is 1.42 bits per heavy atom. The Morgan fingerprint density at radius 3 is 3.17 bits per heavy atom. The molecule has 0 amide bonds. The minimum absolute atomic E-state index is 0.298. The van der Waals surface area contributed by atoms with E-state index >= 15 is 0 Å². The summed E-state index contributed by atoms with van der Waals surface area (Å²) in [5.41, 5.74) is 1.28. The van der Waals surface area contributed by atoms with E-state index in [1.807, 2.05) is 29.5 Å². The first-order valence-electron chi connectivity index (χ1n) is 8.59. The van der Waals surface area contributed by atoms with Crippen LogP contribution in [0.15, 0.2) is 24.0 Å². The van der Waals surface area contributed by atoms with E-state index in [-0.39, 0.29) is 0 Å². The number of hydrogen-bond donors (Lipinski definition) is 0. The molecule has 2 fully saturated rings. The Bertz CT molecular complexity index is 645. The molecule has 3 atom stereocenters. The first-order chi connectivity index (χ1) is 11.8. The first kappa shape index (κ1) is 16.2. The molecule has 0 radical (unpaired) electrons. The number of ether oxygens (including phenoxy) is 2. The van der Waals surface area contributed by atoms with Crippen LogP contribution >= 0.6 is 11.3 Å². The number of fused-ring (bicyclic) bond motifs is 1. The molecule has 3 heterocycles. The molecule has 1 saturated heterocycles. The second-order valence-electron chi connectivity index (χ2n) is 6.67. The molecule has 2 aliphatic rings. The van der Waals surface area contributed by atoms with Gasteiger partial charge in [0.1, 0.15) is 5.01 Å². The molecule has 2 aromatic rings. The van der Waals surface area contributed by atoms with E-state index < -0.39 is 0 Å². The van der Waals surface area contributed by atoms with Crippen LogP contribution in [-0.2, 0) is 29.7 Å². The van der Waals surface area contributed by atoms with Gasteiger partial charge in [0.2, 0.25) is 0 Å². The van der Waals surface area contributed by atoms with Crippen LogP contribution in [0.4, 0.5) is 0 Å². The average molecular weight is 348 g/mol. The first-order valence-corrected chi connectivity index (χ1v) is 9.47. The van der Waals surface area contributed by atoms with Gasteiger partial charge in [0.05, 0.1) is 32.1 Å². The quantitative estimate of drug-likeness (QED) is 0.800. The number of thiazole rings is 1. The lowest BCUT2D eigenvalue weighted by molar-refractivity contribution is -0.0891. The fourth-order valence-electron chi connectivity index (χ4n) is 3.92. The highest BCUT2D eigenvalue weighted by Gasteiger charge is 2.42. The van der Waals surface area contributed by atoms with Crippen LogP contribution in [0.1, 0.15) is 23.4 Å².